The van der Waals surface area contributed by atoms with Gasteiger partial charge in [0.2, 0.25) is 10.0 Å². The van der Waals surface area contributed by atoms with Gasteiger partial charge in [-0.15, -0.1) is 0 Å². The first-order valence-corrected chi connectivity index (χ1v) is 12.2. The fourth-order valence-electron chi connectivity index (χ4n) is 3.83. The molecule has 4 rings (SSSR count). The average Bonchev–Trinajstić information content (AvgIpc) is 2.83. The minimum Gasteiger partial charge on any atom is -0.368 e. The zero-order chi connectivity index (χ0) is 22.6. The Balaban J connectivity index is 1.41. The van der Waals surface area contributed by atoms with E-state index >= 15 is 0 Å². The fraction of sp³-hybridized carbons (Fsp3) is 0.240. The molecule has 0 radical (unpaired) electrons. The Kier molecular flexibility index (Phi) is 6.58. The number of rotatable bonds is 6. The van der Waals surface area contributed by atoms with Crippen molar-refractivity contribution < 1.29 is 13.2 Å². The van der Waals surface area contributed by atoms with Crippen LogP contribution < -0.4 is 9.62 Å². The van der Waals surface area contributed by atoms with E-state index in [1.165, 1.54) is 17.7 Å². The molecule has 0 atom stereocenters. The number of sulfonamides is 1. The van der Waals surface area contributed by atoms with E-state index in [0.29, 0.717) is 18.7 Å². The van der Waals surface area contributed by atoms with Gasteiger partial charge >= 0.3 is 0 Å². The van der Waals surface area contributed by atoms with Gasteiger partial charge in [-0.3, -0.25) is 4.79 Å². The molecule has 1 saturated heterocycles. The lowest BCUT2D eigenvalue weighted by Crippen LogP contribution is -2.48. The lowest BCUT2D eigenvalue weighted by molar-refractivity contribution is 0.0746. The van der Waals surface area contributed by atoms with Gasteiger partial charge in [-0.05, 0) is 48.4 Å². The number of benzene rings is 3. The highest BCUT2D eigenvalue weighted by molar-refractivity contribution is 7.89. The summed E-state index contributed by atoms with van der Waals surface area (Å²) in [5.41, 5.74) is 3.63. The van der Waals surface area contributed by atoms with Crippen LogP contribution in [0.15, 0.2) is 83.8 Å². The van der Waals surface area contributed by atoms with Gasteiger partial charge in [0.25, 0.3) is 5.91 Å². The molecule has 0 unspecified atom stereocenters. The second-order valence-electron chi connectivity index (χ2n) is 7.96. The first kappa shape index (κ1) is 22.0. The van der Waals surface area contributed by atoms with Crippen LogP contribution in [-0.4, -0.2) is 45.4 Å². The lowest BCUT2D eigenvalue weighted by atomic mass is 10.1. The number of amides is 1. The molecule has 3 aromatic rings. The number of piperazine rings is 1. The number of anilines is 1. The van der Waals surface area contributed by atoms with Gasteiger partial charge in [0, 0.05) is 44.0 Å². The van der Waals surface area contributed by atoms with Crippen LogP contribution in [0.1, 0.15) is 21.5 Å². The minimum absolute atomic E-state index is 0.0951. The Morgan fingerprint density at radius 1 is 0.875 bits per heavy atom. The van der Waals surface area contributed by atoms with Crippen LogP contribution in [0.2, 0.25) is 0 Å². The molecule has 0 aromatic heterocycles. The lowest BCUT2D eigenvalue weighted by Gasteiger charge is -2.36. The summed E-state index contributed by atoms with van der Waals surface area (Å²) in [5, 5.41) is 0. The van der Waals surface area contributed by atoms with Crippen LogP contribution in [0.5, 0.6) is 0 Å². The number of hydrogen-bond donors (Lipinski definition) is 1. The SMILES string of the molecule is Cc1cccc(N2CCN(C(=O)c3cccc(S(=O)(=O)NCc4ccccc4)c3)CC2)c1. The van der Waals surface area contributed by atoms with Crippen molar-refractivity contribution in [2.75, 3.05) is 31.1 Å². The van der Waals surface area contributed by atoms with Crippen molar-refractivity contribution in [2.45, 2.75) is 18.4 Å². The highest BCUT2D eigenvalue weighted by atomic mass is 32.2. The number of carbonyl (C=O) groups is 1. The van der Waals surface area contributed by atoms with Gasteiger partial charge in [-0.25, -0.2) is 13.1 Å². The molecule has 1 amide bonds. The number of aryl methyl sites for hydroxylation is 1. The molecule has 0 saturated carbocycles. The Labute approximate surface area is 189 Å². The first-order chi connectivity index (χ1) is 15.4. The van der Waals surface area contributed by atoms with Gasteiger partial charge < -0.3 is 9.80 Å². The van der Waals surface area contributed by atoms with E-state index in [9.17, 15) is 13.2 Å². The van der Waals surface area contributed by atoms with Gasteiger partial charge in [0.15, 0.2) is 0 Å². The molecule has 32 heavy (non-hydrogen) atoms. The van der Waals surface area contributed by atoms with Crippen LogP contribution in [0, 0.1) is 6.92 Å². The van der Waals surface area contributed by atoms with E-state index in [1.54, 1.807) is 17.0 Å². The smallest absolute Gasteiger partial charge is 0.254 e. The summed E-state index contributed by atoms with van der Waals surface area (Å²) in [5.74, 6) is -0.144. The summed E-state index contributed by atoms with van der Waals surface area (Å²) in [6, 6.07) is 23.9. The highest BCUT2D eigenvalue weighted by Gasteiger charge is 2.24. The average molecular weight is 450 g/mol. The van der Waals surface area contributed by atoms with E-state index in [4.69, 9.17) is 0 Å². The minimum atomic E-state index is -3.72. The van der Waals surface area contributed by atoms with Gasteiger partial charge in [-0.2, -0.15) is 0 Å². The summed E-state index contributed by atoms with van der Waals surface area (Å²) in [7, 11) is -3.72. The molecule has 1 N–H and O–H groups in total. The number of carbonyl (C=O) groups excluding carboxylic acids is 1. The maximum atomic E-state index is 13.0. The molecule has 0 spiro atoms. The van der Waals surface area contributed by atoms with Crippen molar-refractivity contribution in [2.24, 2.45) is 0 Å². The zero-order valence-corrected chi connectivity index (χ0v) is 18.9. The molecule has 0 aliphatic carbocycles. The van der Waals surface area contributed by atoms with Crippen LogP contribution in [0.4, 0.5) is 5.69 Å². The third-order valence-electron chi connectivity index (χ3n) is 5.63. The van der Waals surface area contributed by atoms with E-state index < -0.39 is 10.0 Å². The van der Waals surface area contributed by atoms with E-state index in [2.05, 4.69) is 34.7 Å². The predicted molar refractivity (Wildman–Crippen MR) is 126 cm³/mol. The molecule has 7 heteroatoms. The number of nitrogens with one attached hydrogen (secondary N) is 1. The van der Waals surface area contributed by atoms with Crippen molar-refractivity contribution in [1.82, 2.24) is 9.62 Å². The van der Waals surface area contributed by atoms with Crippen molar-refractivity contribution in [3.63, 3.8) is 0 Å². The molecule has 3 aromatic carbocycles. The van der Waals surface area contributed by atoms with Crippen molar-refractivity contribution in [1.29, 1.82) is 0 Å². The van der Waals surface area contributed by atoms with E-state index in [-0.39, 0.29) is 17.3 Å². The second kappa shape index (κ2) is 9.54. The molecule has 1 aliphatic rings. The van der Waals surface area contributed by atoms with Crippen LogP contribution in [0.3, 0.4) is 0 Å². The van der Waals surface area contributed by atoms with Gasteiger partial charge in [0.1, 0.15) is 0 Å². The topological polar surface area (TPSA) is 69.7 Å². The Bertz CT molecular complexity index is 1190. The van der Waals surface area contributed by atoms with Crippen molar-refractivity contribution in [3.05, 3.63) is 95.6 Å². The number of nitrogens with zero attached hydrogens (tertiary/aromatic N) is 2. The maximum Gasteiger partial charge on any atom is 0.254 e. The molecular weight excluding hydrogens is 422 g/mol. The van der Waals surface area contributed by atoms with Crippen LogP contribution in [0.25, 0.3) is 0 Å². The molecule has 6 nitrogen and oxygen atoms in total. The van der Waals surface area contributed by atoms with Gasteiger partial charge in [-0.1, -0.05) is 48.5 Å². The zero-order valence-electron chi connectivity index (χ0n) is 18.1. The summed E-state index contributed by atoms with van der Waals surface area (Å²) < 4.78 is 28.1. The Hall–Kier alpha value is -3.16. The summed E-state index contributed by atoms with van der Waals surface area (Å²) in [6.07, 6.45) is 0. The Morgan fingerprint density at radius 3 is 2.31 bits per heavy atom. The van der Waals surface area contributed by atoms with E-state index in [1.807, 2.05) is 36.4 Å². The molecule has 1 heterocycles. The molecule has 1 fully saturated rings. The maximum absolute atomic E-state index is 13.0. The fourth-order valence-corrected chi connectivity index (χ4v) is 4.89. The normalized spacial score (nSPS) is 14.4. The third kappa shape index (κ3) is 5.18. The first-order valence-electron chi connectivity index (χ1n) is 10.7. The second-order valence-corrected chi connectivity index (χ2v) is 9.72. The molecule has 0 bridgehead atoms. The molecule has 166 valence electrons. The quantitative estimate of drug-likeness (QED) is 0.626. The predicted octanol–water partition coefficient (Wildman–Crippen LogP) is 3.44. The van der Waals surface area contributed by atoms with E-state index in [0.717, 1.165) is 24.3 Å². The van der Waals surface area contributed by atoms with Crippen molar-refractivity contribution in [3.8, 4) is 0 Å². The van der Waals surface area contributed by atoms with Crippen LogP contribution in [-0.2, 0) is 16.6 Å². The van der Waals surface area contributed by atoms with Crippen LogP contribution >= 0.6 is 0 Å². The largest absolute Gasteiger partial charge is 0.368 e. The standard InChI is InChI=1S/C25H27N3O3S/c1-20-7-5-11-23(17-20)27-13-15-28(16-14-27)25(29)22-10-6-12-24(18-22)32(30,31)26-19-21-8-3-2-4-9-21/h2-12,17-18,26H,13-16,19H2,1H3. The summed E-state index contributed by atoms with van der Waals surface area (Å²) in [6.45, 7) is 4.94. The summed E-state index contributed by atoms with van der Waals surface area (Å²) >= 11 is 0. The van der Waals surface area contributed by atoms with Gasteiger partial charge in [0.05, 0.1) is 4.90 Å². The third-order valence-corrected chi connectivity index (χ3v) is 7.03. The van der Waals surface area contributed by atoms with Crippen molar-refractivity contribution >= 4 is 21.6 Å². The Morgan fingerprint density at radius 2 is 1.59 bits per heavy atom. The summed E-state index contributed by atoms with van der Waals surface area (Å²) in [4.78, 5) is 17.2. The highest BCUT2D eigenvalue weighted by Crippen LogP contribution is 2.20. The molecule has 1 aliphatic heterocycles. The monoisotopic (exact) mass is 449 g/mol. The molecular formula is C25H27N3O3S. The number of hydrogen-bond acceptors (Lipinski definition) is 4.